The van der Waals surface area contributed by atoms with E-state index in [2.05, 4.69) is 31.8 Å². The first kappa shape index (κ1) is 16.4. The number of Topliss-reactive ketones (excluding diaryl/α,β-unsaturated/α-hetero) is 1. The minimum absolute atomic E-state index is 0.0183. The first-order chi connectivity index (χ1) is 10.5. The Morgan fingerprint density at radius 3 is 2.59 bits per heavy atom. The van der Waals surface area contributed by atoms with E-state index in [-0.39, 0.29) is 18.6 Å². The fraction of sp³-hybridized carbons (Fsp3) is 0.214. The number of aromatic nitrogens is 1. The highest BCUT2D eigenvalue weighted by molar-refractivity contribution is 9.10. The van der Waals surface area contributed by atoms with Gasteiger partial charge in [0, 0.05) is 28.4 Å². The molecule has 8 heteroatoms. The molecule has 0 radical (unpaired) electrons. The number of H-pyrrole nitrogens is 1. The van der Waals surface area contributed by atoms with E-state index < -0.39 is 11.8 Å². The van der Waals surface area contributed by atoms with Gasteiger partial charge in [-0.25, -0.2) is 0 Å². The molecule has 0 bridgehead atoms. The standard InChI is InChI=1S/C14H14BrN3O3S/c1-8-2-4-12(22-8)11(19)3-5-13(20)17-18-14(21)10-6-9(15)7-16-10/h2,4,6-7,16H,3,5H2,1H3,(H,17,20)(H,18,21). The number of hydrogen-bond donors (Lipinski definition) is 3. The lowest BCUT2D eigenvalue weighted by atomic mass is 10.2. The molecule has 0 unspecified atom stereocenters. The normalized spacial score (nSPS) is 10.3. The van der Waals surface area contributed by atoms with E-state index in [4.69, 9.17) is 0 Å². The molecule has 0 aromatic carbocycles. The molecule has 2 aromatic rings. The second-order valence-corrected chi connectivity index (χ2v) is 6.77. The van der Waals surface area contributed by atoms with Crippen LogP contribution in [0.3, 0.4) is 0 Å². The zero-order valence-corrected chi connectivity index (χ0v) is 14.1. The number of amides is 2. The van der Waals surface area contributed by atoms with Crippen LogP contribution < -0.4 is 10.9 Å². The minimum atomic E-state index is -0.459. The highest BCUT2D eigenvalue weighted by atomic mass is 79.9. The Bertz CT molecular complexity index is 650. The van der Waals surface area contributed by atoms with Crippen LogP contribution in [0.5, 0.6) is 0 Å². The lowest BCUT2D eigenvalue weighted by Gasteiger charge is -2.05. The number of thiophene rings is 1. The summed E-state index contributed by atoms with van der Waals surface area (Å²) in [5.74, 6) is -0.951. The number of rotatable bonds is 5. The Hall–Kier alpha value is -1.93. The number of aromatic amines is 1. The van der Waals surface area contributed by atoms with Crippen LogP contribution in [-0.4, -0.2) is 22.6 Å². The molecule has 2 heterocycles. The Labute approximate surface area is 139 Å². The van der Waals surface area contributed by atoms with Crippen molar-refractivity contribution < 1.29 is 14.4 Å². The smallest absolute Gasteiger partial charge is 0.286 e. The molecule has 116 valence electrons. The number of ketones is 1. The summed E-state index contributed by atoms with van der Waals surface area (Å²) in [4.78, 5) is 39.6. The third-order valence-corrected chi connectivity index (χ3v) is 4.30. The maximum absolute atomic E-state index is 11.9. The summed E-state index contributed by atoms with van der Waals surface area (Å²) in [5.41, 5.74) is 4.88. The molecule has 0 aliphatic rings. The molecule has 2 aromatic heterocycles. The molecule has 0 fully saturated rings. The van der Waals surface area contributed by atoms with Crippen LogP contribution in [0.15, 0.2) is 28.9 Å². The molecule has 0 saturated heterocycles. The van der Waals surface area contributed by atoms with Crippen molar-refractivity contribution in [2.45, 2.75) is 19.8 Å². The van der Waals surface area contributed by atoms with Crippen molar-refractivity contribution in [1.29, 1.82) is 0 Å². The van der Waals surface area contributed by atoms with Gasteiger partial charge in [0.1, 0.15) is 5.69 Å². The average Bonchev–Trinajstić information content (AvgIpc) is 3.10. The molecule has 0 saturated carbocycles. The van der Waals surface area contributed by atoms with Crippen LogP contribution in [0.4, 0.5) is 0 Å². The molecule has 22 heavy (non-hydrogen) atoms. The molecule has 6 nitrogen and oxygen atoms in total. The number of carbonyl (C=O) groups excluding carboxylic acids is 3. The molecule has 2 amide bonds. The predicted octanol–water partition coefficient (Wildman–Crippen LogP) is 2.57. The first-order valence-electron chi connectivity index (χ1n) is 6.48. The van der Waals surface area contributed by atoms with Gasteiger partial charge in [-0.15, -0.1) is 11.3 Å². The van der Waals surface area contributed by atoms with E-state index in [0.717, 1.165) is 9.35 Å². The van der Waals surface area contributed by atoms with Gasteiger partial charge in [0.05, 0.1) is 4.88 Å². The molecule has 0 spiro atoms. The lowest BCUT2D eigenvalue weighted by Crippen LogP contribution is -2.41. The van der Waals surface area contributed by atoms with E-state index in [0.29, 0.717) is 10.6 Å². The Morgan fingerprint density at radius 1 is 1.23 bits per heavy atom. The number of carbonyl (C=O) groups is 3. The van der Waals surface area contributed by atoms with Gasteiger partial charge in [-0.1, -0.05) is 0 Å². The summed E-state index contributed by atoms with van der Waals surface area (Å²) in [6.45, 7) is 1.92. The van der Waals surface area contributed by atoms with Crippen LogP contribution in [0, 0.1) is 6.92 Å². The molecule has 0 atom stereocenters. The largest absolute Gasteiger partial charge is 0.356 e. The topological polar surface area (TPSA) is 91.1 Å². The van der Waals surface area contributed by atoms with Crippen molar-refractivity contribution in [3.05, 3.63) is 44.3 Å². The van der Waals surface area contributed by atoms with Crippen molar-refractivity contribution in [2.75, 3.05) is 0 Å². The molecule has 2 rings (SSSR count). The summed E-state index contributed by atoms with van der Waals surface area (Å²) in [6.07, 6.45) is 1.73. The van der Waals surface area contributed by atoms with Crippen LogP contribution in [0.25, 0.3) is 0 Å². The van der Waals surface area contributed by atoms with Gasteiger partial charge in [0.2, 0.25) is 5.91 Å². The fourth-order valence-corrected chi connectivity index (χ4v) is 2.87. The monoisotopic (exact) mass is 383 g/mol. The van der Waals surface area contributed by atoms with E-state index in [9.17, 15) is 14.4 Å². The second kappa shape index (κ2) is 7.37. The molecular formula is C14H14BrN3O3S. The maximum atomic E-state index is 11.9. The summed E-state index contributed by atoms with van der Waals surface area (Å²) >= 11 is 4.62. The zero-order valence-electron chi connectivity index (χ0n) is 11.7. The molecule has 0 aliphatic heterocycles. The van der Waals surface area contributed by atoms with Crippen LogP contribution in [0.1, 0.15) is 37.9 Å². The van der Waals surface area contributed by atoms with Gasteiger partial charge < -0.3 is 4.98 Å². The quantitative estimate of drug-likeness (QED) is 0.547. The van der Waals surface area contributed by atoms with E-state index >= 15 is 0 Å². The van der Waals surface area contributed by atoms with E-state index in [1.54, 1.807) is 18.3 Å². The van der Waals surface area contributed by atoms with Gasteiger partial charge >= 0.3 is 0 Å². The number of nitrogens with one attached hydrogen (secondary N) is 3. The van der Waals surface area contributed by atoms with Crippen molar-refractivity contribution in [3.63, 3.8) is 0 Å². The Balaban J connectivity index is 1.74. The number of aryl methyl sites for hydroxylation is 1. The summed E-state index contributed by atoms with van der Waals surface area (Å²) in [5, 5.41) is 0. The average molecular weight is 384 g/mol. The molecular weight excluding hydrogens is 370 g/mol. The van der Waals surface area contributed by atoms with Crippen molar-refractivity contribution in [2.24, 2.45) is 0 Å². The maximum Gasteiger partial charge on any atom is 0.286 e. The van der Waals surface area contributed by atoms with Gasteiger partial charge in [-0.2, -0.15) is 0 Å². The van der Waals surface area contributed by atoms with Gasteiger partial charge in [-0.3, -0.25) is 25.2 Å². The fourth-order valence-electron chi connectivity index (χ4n) is 1.69. The SMILES string of the molecule is Cc1ccc(C(=O)CCC(=O)NNC(=O)c2cc(Br)c[nH]2)s1. The van der Waals surface area contributed by atoms with Crippen molar-refractivity contribution in [1.82, 2.24) is 15.8 Å². The Kier molecular flexibility index (Phi) is 5.51. The van der Waals surface area contributed by atoms with Crippen LogP contribution >= 0.6 is 27.3 Å². The lowest BCUT2D eigenvalue weighted by molar-refractivity contribution is -0.121. The zero-order chi connectivity index (χ0) is 16.1. The molecule has 3 N–H and O–H groups in total. The third kappa shape index (κ3) is 4.54. The van der Waals surface area contributed by atoms with Crippen LogP contribution in [-0.2, 0) is 4.79 Å². The summed E-state index contributed by atoms with van der Waals surface area (Å²) in [7, 11) is 0. The van der Waals surface area contributed by atoms with E-state index in [1.165, 1.54) is 11.3 Å². The second-order valence-electron chi connectivity index (χ2n) is 4.57. The Morgan fingerprint density at radius 2 is 2.00 bits per heavy atom. The minimum Gasteiger partial charge on any atom is -0.356 e. The van der Waals surface area contributed by atoms with Gasteiger partial charge in [-0.05, 0) is 41.1 Å². The highest BCUT2D eigenvalue weighted by Crippen LogP contribution is 2.17. The molecule has 0 aliphatic carbocycles. The van der Waals surface area contributed by atoms with Gasteiger partial charge in [0.25, 0.3) is 5.91 Å². The highest BCUT2D eigenvalue weighted by Gasteiger charge is 2.12. The number of hydrazine groups is 1. The van der Waals surface area contributed by atoms with Crippen LogP contribution in [0.2, 0.25) is 0 Å². The number of hydrogen-bond acceptors (Lipinski definition) is 4. The van der Waals surface area contributed by atoms with Gasteiger partial charge in [0.15, 0.2) is 5.78 Å². The van der Waals surface area contributed by atoms with Crippen molar-refractivity contribution >= 4 is 44.9 Å². The summed E-state index contributed by atoms with van der Waals surface area (Å²) in [6, 6.07) is 5.21. The first-order valence-corrected chi connectivity index (χ1v) is 8.09. The summed E-state index contributed by atoms with van der Waals surface area (Å²) < 4.78 is 0.737. The predicted molar refractivity (Wildman–Crippen MR) is 86.7 cm³/mol. The third-order valence-electron chi connectivity index (χ3n) is 2.80. The van der Waals surface area contributed by atoms with E-state index in [1.807, 2.05) is 13.0 Å². The van der Waals surface area contributed by atoms with Crippen molar-refractivity contribution in [3.8, 4) is 0 Å². The number of halogens is 1.